The zero-order valence-electron chi connectivity index (χ0n) is 15.3. The highest BCUT2D eigenvalue weighted by atomic mass is 32.2. The second-order valence-corrected chi connectivity index (χ2v) is 12.1. The predicted molar refractivity (Wildman–Crippen MR) is 106 cm³/mol. The molecule has 0 aromatic rings. The summed E-state index contributed by atoms with van der Waals surface area (Å²) in [6.45, 7) is 12.6. The third kappa shape index (κ3) is 2.58. The van der Waals surface area contributed by atoms with Gasteiger partial charge in [0, 0.05) is 10.5 Å². The molecular weight excluding hydrogens is 316 g/mol. The maximum absolute atomic E-state index is 2.62. The molecule has 4 rings (SSSR count). The number of allylic oxidation sites excluding steroid dienone is 2. The quantitative estimate of drug-likeness (QED) is 0.551. The van der Waals surface area contributed by atoms with Gasteiger partial charge in [0.25, 0.3) is 0 Å². The number of thioether (sulfide) groups is 2. The Bertz CT molecular complexity index is 498. The van der Waals surface area contributed by atoms with Gasteiger partial charge in [-0.05, 0) is 70.5 Å². The fourth-order valence-electron chi connectivity index (χ4n) is 5.95. The molecule has 0 aromatic carbocycles. The van der Waals surface area contributed by atoms with E-state index in [1.807, 2.05) is 0 Å². The van der Waals surface area contributed by atoms with E-state index in [4.69, 9.17) is 0 Å². The molecule has 0 saturated heterocycles. The molecule has 2 heteroatoms. The van der Waals surface area contributed by atoms with Crippen LogP contribution in [0.4, 0.5) is 0 Å². The summed E-state index contributed by atoms with van der Waals surface area (Å²) in [6, 6.07) is 0. The molecular formula is C21H32S2. The van der Waals surface area contributed by atoms with Gasteiger partial charge in [0.2, 0.25) is 0 Å². The van der Waals surface area contributed by atoms with Gasteiger partial charge >= 0.3 is 0 Å². The van der Waals surface area contributed by atoms with Crippen molar-refractivity contribution in [2.45, 2.75) is 64.4 Å². The van der Waals surface area contributed by atoms with Crippen LogP contribution in [0.1, 0.15) is 53.9 Å². The second kappa shape index (κ2) is 5.59. The lowest BCUT2D eigenvalue weighted by Crippen LogP contribution is -2.40. The van der Waals surface area contributed by atoms with E-state index in [0.29, 0.717) is 10.8 Å². The van der Waals surface area contributed by atoms with Gasteiger partial charge in [0.05, 0.1) is 0 Å². The van der Waals surface area contributed by atoms with E-state index in [1.54, 1.807) is 0 Å². The molecule has 2 heterocycles. The van der Waals surface area contributed by atoms with Crippen LogP contribution in [0.25, 0.3) is 0 Å². The lowest BCUT2D eigenvalue weighted by molar-refractivity contribution is 0.113. The summed E-state index contributed by atoms with van der Waals surface area (Å²) in [4.78, 5) is 0. The summed E-state index contributed by atoms with van der Waals surface area (Å²) in [6.07, 6.45) is 9.40. The van der Waals surface area contributed by atoms with Gasteiger partial charge in [-0.1, -0.05) is 46.8 Å². The summed E-state index contributed by atoms with van der Waals surface area (Å²) >= 11 is 4.28. The molecule has 0 aromatic heterocycles. The molecule has 2 aliphatic carbocycles. The van der Waals surface area contributed by atoms with E-state index in [0.717, 1.165) is 40.1 Å². The third-order valence-corrected chi connectivity index (χ3v) is 10.0. The Morgan fingerprint density at radius 1 is 0.783 bits per heavy atom. The molecule has 4 aliphatic rings. The van der Waals surface area contributed by atoms with Crippen molar-refractivity contribution >= 4 is 23.5 Å². The molecule has 0 N–H and O–H groups in total. The summed E-state index contributed by atoms with van der Waals surface area (Å²) in [5, 5.41) is 6.48. The first-order valence-electron chi connectivity index (χ1n) is 9.44. The fraction of sp³-hybridized carbons (Fsp3) is 0.810. The van der Waals surface area contributed by atoms with Crippen LogP contribution in [0.5, 0.6) is 0 Å². The van der Waals surface area contributed by atoms with E-state index < -0.39 is 0 Å². The van der Waals surface area contributed by atoms with Crippen molar-refractivity contribution in [3.8, 4) is 0 Å². The molecule has 6 atom stereocenters. The van der Waals surface area contributed by atoms with Crippen LogP contribution in [0.15, 0.2) is 23.0 Å². The van der Waals surface area contributed by atoms with Crippen LogP contribution in [0.3, 0.4) is 0 Å². The molecule has 6 unspecified atom stereocenters. The van der Waals surface area contributed by atoms with Crippen molar-refractivity contribution in [2.24, 2.45) is 40.4 Å². The molecule has 0 spiro atoms. The Balaban J connectivity index is 1.57. The molecule has 128 valence electrons. The summed E-state index contributed by atoms with van der Waals surface area (Å²) < 4.78 is 0. The van der Waals surface area contributed by atoms with Crippen molar-refractivity contribution in [1.82, 2.24) is 0 Å². The van der Waals surface area contributed by atoms with Crippen molar-refractivity contribution in [3.63, 3.8) is 0 Å². The molecule has 0 nitrogen and oxygen atoms in total. The van der Waals surface area contributed by atoms with E-state index in [2.05, 4.69) is 81.1 Å². The molecule has 2 saturated carbocycles. The minimum atomic E-state index is 0.473. The smallest absolute Gasteiger partial charge is 0.0202 e. The van der Waals surface area contributed by atoms with Crippen LogP contribution in [-0.4, -0.2) is 10.5 Å². The van der Waals surface area contributed by atoms with Crippen LogP contribution in [-0.2, 0) is 0 Å². The molecule has 23 heavy (non-hydrogen) atoms. The van der Waals surface area contributed by atoms with Gasteiger partial charge in [-0.3, -0.25) is 0 Å². The summed E-state index contributed by atoms with van der Waals surface area (Å²) in [5.74, 6) is 4.31. The molecule has 0 bridgehead atoms. The SMILES string of the molecule is CC(C)(C)C1CCC(C(C)(C)C2C3SC=CC3C3C=CSC32)C1. The highest BCUT2D eigenvalue weighted by Gasteiger charge is 2.58. The molecule has 0 radical (unpaired) electrons. The zero-order valence-corrected chi connectivity index (χ0v) is 16.9. The fourth-order valence-corrected chi connectivity index (χ4v) is 9.24. The average molecular weight is 349 g/mol. The Kier molecular flexibility index (Phi) is 4.05. The second-order valence-electron chi connectivity index (χ2n) is 9.93. The molecule has 2 fully saturated rings. The van der Waals surface area contributed by atoms with E-state index in [9.17, 15) is 0 Å². The normalized spacial score (nSPS) is 45.7. The monoisotopic (exact) mass is 348 g/mol. The van der Waals surface area contributed by atoms with E-state index in [1.165, 1.54) is 19.3 Å². The first kappa shape index (κ1) is 16.6. The Morgan fingerprint density at radius 3 is 1.78 bits per heavy atom. The van der Waals surface area contributed by atoms with Gasteiger partial charge in [-0.25, -0.2) is 0 Å². The van der Waals surface area contributed by atoms with Gasteiger partial charge in [0.1, 0.15) is 0 Å². The van der Waals surface area contributed by atoms with E-state index in [-0.39, 0.29) is 0 Å². The lowest BCUT2D eigenvalue weighted by Gasteiger charge is -2.43. The largest absolute Gasteiger partial charge is 0.130 e. The highest BCUT2D eigenvalue weighted by molar-refractivity contribution is 8.04. The van der Waals surface area contributed by atoms with Crippen LogP contribution >= 0.6 is 23.5 Å². The van der Waals surface area contributed by atoms with Crippen LogP contribution in [0.2, 0.25) is 0 Å². The predicted octanol–water partition coefficient (Wildman–Crippen LogP) is 6.60. The number of fused-ring (bicyclic) bond motifs is 3. The highest BCUT2D eigenvalue weighted by Crippen LogP contribution is 2.64. The third-order valence-electron chi connectivity index (χ3n) is 7.55. The first-order chi connectivity index (χ1) is 10.8. The Morgan fingerprint density at radius 2 is 1.30 bits per heavy atom. The standard InChI is InChI=1S/C21H32S2/c1-20(2,3)13-6-7-14(12-13)21(4,5)17-18-15(8-10-22-18)16-9-11-23-19(16)17/h8-11,13-19H,6-7,12H2,1-5H3. The Hall–Kier alpha value is 0.180. The minimum Gasteiger partial charge on any atom is -0.130 e. The van der Waals surface area contributed by atoms with Gasteiger partial charge in [-0.15, -0.1) is 23.5 Å². The van der Waals surface area contributed by atoms with Gasteiger partial charge < -0.3 is 0 Å². The van der Waals surface area contributed by atoms with E-state index >= 15 is 0 Å². The topological polar surface area (TPSA) is 0 Å². The number of rotatable bonds is 2. The summed E-state index contributed by atoms with van der Waals surface area (Å²) in [5.41, 5.74) is 0.958. The van der Waals surface area contributed by atoms with Crippen molar-refractivity contribution < 1.29 is 0 Å². The number of hydrogen-bond acceptors (Lipinski definition) is 2. The maximum Gasteiger partial charge on any atom is 0.0202 e. The average Bonchev–Trinajstić information content (AvgIpc) is 3.19. The van der Waals surface area contributed by atoms with Crippen LogP contribution < -0.4 is 0 Å². The zero-order chi connectivity index (χ0) is 16.4. The first-order valence-corrected chi connectivity index (χ1v) is 11.3. The van der Waals surface area contributed by atoms with Crippen molar-refractivity contribution in [1.29, 1.82) is 0 Å². The van der Waals surface area contributed by atoms with Gasteiger partial charge in [-0.2, -0.15) is 0 Å². The number of hydrogen-bond donors (Lipinski definition) is 0. The van der Waals surface area contributed by atoms with Gasteiger partial charge in [0.15, 0.2) is 0 Å². The molecule has 0 amide bonds. The minimum absolute atomic E-state index is 0.473. The lowest BCUT2D eigenvalue weighted by atomic mass is 9.66. The Labute approximate surface area is 151 Å². The maximum atomic E-state index is 2.62. The van der Waals surface area contributed by atoms with Crippen LogP contribution in [0, 0.1) is 40.4 Å². The van der Waals surface area contributed by atoms with Crippen molar-refractivity contribution in [3.05, 3.63) is 23.0 Å². The summed E-state index contributed by atoms with van der Waals surface area (Å²) in [7, 11) is 0. The van der Waals surface area contributed by atoms with Crippen molar-refractivity contribution in [2.75, 3.05) is 0 Å². The molecule has 2 aliphatic heterocycles.